The number of aromatic hydroxyl groups is 1. The second-order valence-corrected chi connectivity index (χ2v) is 7.10. The minimum absolute atomic E-state index is 0. The quantitative estimate of drug-likeness (QED) is 0.255. The van der Waals surface area contributed by atoms with Gasteiger partial charge in [0.05, 0.1) is 6.20 Å². The Balaban J connectivity index is 0.00000216. The summed E-state index contributed by atoms with van der Waals surface area (Å²) in [5.41, 5.74) is 2.35. The molecule has 6 nitrogen and oxygen atoms in total. The number of hydrogen-bond acceptors (Lipinski definition) is 5. The van der Waals surface area contributed by atoms with Gasteiger partial charge in [0.25, 0.3) is 0 Å². The molecule has 0 saturated heterocycles. The molecule has 1 N–H and O–H groups in total. The first-order valence-corrected chi connectivity index (χ1v) is 9.76. The molecule has 0 spiro atoms. The van der Waals surface area contributed by atoms with E-state index in [2.05, 4.69) is 27.1 Å². The Labute approximate surface area is 196 Å². The molecule has 0 amide bonds. The third-order valence-electron chi connectivity index (χ3n) is 5.22. The first kappa shape index (κ1) is 20.1. The maximum Gasteiger partial charge on any atom is 0.217 e. The Morgan fingerprint density at radius 3 is 2.66 bits per heavy atom. The molecule has 0 aliphatic rings. The Kier molecular flexibility index (Phi) is 5.06. The van der Waals surface area contributed by atoms with Crippen LogP contribution in [-0.2, 0) is 20.4 Å². The summed E-state index contributed by atoms with van der Waals surface area (Å²) in [5, 5.41) is 13.1. The smallest absolute Gasteiger partial charge is 0.217 e. The Bertz CT molecular complexity index is 1580. The molecule has 3 aromatic heterocycles. The largest absolute Gasteiger partial charge is 0.506 e. The number of nitrogens with zero attached hydrogens (tertiary/aromatic N) is 4. The van der Waals surface area contributed by atoms with Crippen molar-refractivity contribution in [2.75, 3.05) is 0 Å². The molecule has 0 atom stereocenters. The van der Waals surface area contributed by atoms with Gasteiger partial charge in [0.15, 0.2) is 5.82 Å². The van der Waals surface area contributed by atoms with Gasteiger partial charge in [-0.05, 0) is 23.6 Å². The average molecular weight is 510 g/mol. The molecule has 32 heavy (non-hydrogen) atoms. The van der Waals surface area contributed by atoms with Crippen molar-refractivity contribution in [2.24, 2.45) is 0 Å². The minimum Gasteiger partial charge on any atom is -0.506 e. The zero-order valence-electron chi connectivity index (χ0n) is 16.5. The van der Waals surface area contributed by atoms with Crippen LogP contribution in [-0.4, -0.2) is 24.6 Å². The number of phenolic OH excluding ortho intramolecular Hbond substituents is 1. The van der Waals surface area contributed by atoms with Gasteiger partial charge in [-0.15, -0.1) is 17.5 Å². The number of ether oxygens (including phenoxy) is 1. The fourth-order valence-electron chi connectivity index (χ4n) is 3.86. The van der Waals surface area contributed by atoms with E-state index in [9.17, 15) is 5.11 Å². The van der Waals surface area contributed by atoms with Crippen molar-refractivity contribution in [1.29, 1.82) is 0 Å². The molecule has 7 heteroatoms. The molecule has 0 radical (unpaired) electrons. The number of aromatic nitrogens is 4. The van der Waals surface area contributed by atoms with Gasteiger partial charge in [-0.3, -0.25) is 4.98 Å². The van der Waals surface area contributed by atoms with Gasteiger partial charge < -0.3 is 14.4 Å². The number of pyridine rings is 1. The van der Waals surface area contributed by atoms with Crippen LogP contribution in [0.5, 0.6) is 17.4 Å². The third kappa shape index (κ3) is 3.29. The molecule has 0 unspecified atom stereocenters. The fourth-order valence-corrected chi connectivity index (χ4v) is 3.86. The average Bonchev–Trinajstić information content (AvgIpc) is 3.14. The van der Waals surface area contributed by atoms with Gasteiger partial charge in [-0.1, -0.05) is 35.8 Å². The maximum atomic E-state index is 10.1. The zero-order chi connectivity index (χ0) is 20.8. The van der Waals surface area contributed by atoms with E-state index in [-0.39, 0.29) is 26.2 Å². The summed E-state index contributed by atoms with van der Waals surface area (Å²) in [4.78, 5) is 13.2. The summed E-state index contributed by atoms with van der Waals surface area (Å²) < 4.78 is 8.03. The first-order chi connectivity index (χ1) is 15.3. The van der Waals surface area contributed by atoms with Crippen LogP contribution in [0.4, 0.5) is 0 Å². The zero-order valence-corrected chi connectivity index (χ0v) is 18.1. The first-order valence-electron chi connectivity index (χ1n) is 9.76. The molecular formula is C25H15N4O2Pd-. The molecule has 0 saturated carbocycles. The van der Waals surface area contributed by atoms with Crippen LogP contribution in [0, 0.1) is 6.07 Å². The van der Waals surface area contributed by atoms with Gasteiger partial charge in [0, 0.05) is 55.5 Å². The summed E-state index contributed by atoms with van der Waals surface area (Å²) in [7, 11) is 0. The molecule has 3 aromatic carbocycles. The van der Waals surface area contributed by atoms with E-state index >= 15 is 0 Å². The predicted molar refractivity (Wildman–Crippen MR) is 119 cm³/mol. The van der Waals surface area contributed by atoms with E-state index in [1.807, 2.05) is 47.0 Å². The number of hydrogen-bond donors (Lipinski definition) is 1. The van der Waals surface area contributed by atoms with Crippen molar-refractivity contribution in [1.82, 2.24) is 19.5 Å². The predicted octanol–water partition coefficient (Wildman–Crippen LogP) is 5.42. The van der Waals surface area contributed by atoms with Crippen LogP contribution in [0.1, 0.15) is 0 Å². The monoisotopic (exact) mass is 509 g/mol. The minimum atomic E-state index is 0. The number of fused-ring (bicyclic) bond motifs is 4. The van der Waals surface area contributed by atoms with E-state index < -0.39 is 0 Å². The van der Waals surface area contributed by atoms with Crippen molar-refractivity contribution in [3.63, 3.8) is 0 Å². The van der Waals surface area contributed by atoms with Gasteiger partial charge in [0.1, 0.15) is 11.3 Å². The third-order valence-corrected chi connectivity index (χ3v) is 5.22. The van der Waals surface area contributed by atoms with Gasteiger partial charge in [-0.2, -0.15) is 6.07 Å². The van der Waals surface area contributed by atoms with E-state index in [4.69, 9.17) is 4.74 Å². The fraction of sp³-hybridized carbons (Fsp3) is 0. The van der Waals surface area contributed by atoms with Crippen LogP contribution in [0.15, 0.2) is 85.3 Å². The number of rotatable bonds is 3. The molecule has 0 fully saturated rings. The Morgan fingerprint density at radius 1 is 0.875 bits per heavy atom. The topological polar surface area (TPSA) is 73.1 Å². The molecule has 6 rings (SSSR count). The Morgan fingerprint density at radius 2 is 1.78 bits per heavy atom. The SMILES string of the molecule is Oc1cccc2ccc(Oc3[c-]c4c(cc3)c3ccccc3n4-c3cnccn3)nc12.[Pd]. The standard InChI is InChI=1S/C25H15N4O2.Pd/c30-22-7-3-4-16-8-11-24(28-25(16)22)31-17-9-10-19-18-5-1-2-6-20(18)29(21(19)14-17)23-15-26-12-13-27-23;/h1-13,15,30H;/q-1;. The van der Waals surface area contributed by atoms with E-state index in [0.29, 0.717) is 23.0 Å². The number of phenols is 1. The van der Waals surface area contributed by atoms with Crippen LogP contribution < -0.4 is 4.74 Å². The molecule has 158 valence electrons. The molecule has 0 aliphatic heterocycles. The van der Waals surface area contributed by atoms with Gasteiger partial charge in [0.2, 0.25) is 5.88 Å². The van der Waals surface area contributed by atoms with Crippen molar-refractivity contribution in [3.05, 3.63) is 91.4 Å². The van der Waals surface area contributed by atoms with E-state index in [1.165, 1.54) is 0 Å². The van der Waals surface area contributed by atoms with Crippen molar-refractivity contribution in [3.8, 4) is 23.2 Å². The van der Waals surface area contributed by atoms with Crippen LogP contribution in [0.3, 0.4) is 0 Å². The van der Waals surface area contributed by atoms with Crippen molar-refractivity contribution in [2.45, 2.75) is 0 Å². The van der Waals surface area contributed by atoms with Crippen molar-refractivity contribution >= 4 is 32.7 Å². The van der Waals surface area contributed by atoms with Gasteiger partial charge in [-0.25, -0.2) is 9.97 Å². The van der Waals surface area contributed by atoms with E-state index in [1.54, 1.807) is 36.8 Å². The molecule has 3 heterocycles. The van der Waals surface area contributed by atoms with Crippen LogP contribution in [0.2, 0.25) is 0 Å². The molecule has 6 aromatic rings. The van der Waals surface area contributed by atoms with Crippen molar-refractivity contribution < 1.29 is 30.3 Å². The Hall–Kier alpha value is -3.79. The van der Waals surface area contributed by atoms with Gasteiger partial charge >= 0.3 is 0 Å². The second kappa shape index (κ2) is 8.04. The maximum absolute atomic E-state index is 10.1. The second-order valence-electron chi connectivity index (χ2n) is 7.10. The van der Waals surface area contributed by atoms with Crippen LogP contribution >= 0.6 is 0 Å². The summed E-state index contributed by atoms with van der Waals surface area (Å²) in [6.45, 7) is 0. The summed E-state index contributed by atoms with van der Waals surface area (Å²) in [6.07, 6.45) is 5.04. The summed E-state index contributed by atoms with van der Waals surface area (Å²) >= 11 is 0. The number of benzene rings is 3. The van der Waals surface area contributed by atoms with E-state index in [0.717, 1.165) is 27.2 Å². The molecular weight excluding hydrogens is 495 g/mol. The normalized spacial score (nSPS) is 11.0. The summed E-state index contributed by atoms with van der Waals surface area (Å²) in [6, 6.07) is 24.3. The summed E-state index contributed by atoms with van der Waals surface area (Å²) in [5.74, 6) is 1.72. The molecule has 0 aliphatic carbocycles. The molecule has 0 bridgehead atoms. The number of para-hydroxylation sites is 2. The van der Waals surface area contributed by atoms with Crippen LogP contribution in [0.25, 0.3) is 38.5 Å².